The molecule has 0 aliphatic rings. The van der Waals surface area contributed by atoms with Crippen LogP contribution in [0, 0.1) is 11.3 Å². The van der Waals surface area contributed by atoms with E-state index in [-0.39, 0.29) is 34.9 Å². The monoisotopic (exact) mass is 308 g/mol. The fourth-order valence-electron chi connectivity index (χ4n) is 1.81. The van der Waals surface area contributed by atoms with Crippen molar-refractivity contribution < 1.29 is 28.5 Å². The summed E-state index contributed by atoms with van der Waals surface area (Å²) in [6, 6.07) is 3.07. The molecule has 0 unspecified atom stereocenters. The molecule has 0 atom stereocenters. The van der Waals surface area contributed by atoms with Crippen LogP contribution >= 0.6 is 0 Å². The standard InChI is InChI=1S/C14H16N2O6/c1-19-9-7-8(14(18)22-4)11(16-10(17)5-6-15)13(21-3)12(9)20-2/h7H,5H2,1-4H3,(H,16,17). The summed E-state index contributed by atoms with van der Waals surface area (Å²) in [5.74, 6) is -0.777. The number of carbonyl (C=O) groups is 2. The van der Waals surface area contributed by atoms with Crippen molar-refractivity contribution in [3.05, 3.63) is 11.6 Å². The second kappa shape index (κ2) is 7.73. The van der Waals surface area contributed by atoms with E-state index in [4.69, 9.17) is 19.5 Å². The van der Waals surface area contributed by atoms with Crippen molar-refractivity contribution in [2.75, 3.05) is 33.8 Å². The van der Waals surface area contributed by atoms with Gasteiger partial charge in [0.2, 0.25) is 11.7 Å². The zero-order chi connectivity index (χ0) is 16.7. The number of hydrogen-bond acceptors (Lipinski definition) is 7. The summed E-state index contributed by atoms with van der Waals surface area (Å²) in [6.45, 7) is 0. The first kappa shape index (κ1) is 17.1. The van der Waals surface area contributed by atoms with Gasteiger partial charge in [0.1, 0.15) is 12.1 Å². The minimum absolute atomic E-state index is 0.0169. The number of carbonyl (C=O) groups excluding carboxylic acids is 2. The highest BCUT2D eigenvalue weighted by molar-refractivity contribution is 6.05. The number of anilines is 1. The quantitative estimate of drug-likeness (QED) is 0.790. The van der Waals surface area contributed by atoms with Gasteiger partial charge in [-0.15, -0.1) is 0 Å². The summed E-state index contributed by atoms with van der Waals surface area (Å²) in [7, 11) is 5.33. The van der Waals surface area contributed by atoms with E-state index in [1.165, 1.54) is 34.5 Å². The summed E-state index contributed by atoms with van der Waals surface area (Å²) in [6.07, 6.45) is -0.377. The third kappa shape index (κ3) is 3.38. The lowest BCUT2D eigenvalue weighted by Crippen LogP contribution is -2.16. The van der Waals surface area contributed by atoms with Gasteiger partial charge in [-0.25, -0.2) is 4.79 Å². The van der Waals surface area contributed by atoms with Gasteiger partial charge in [0, 0.05) is 6.07 Å². The second-order valence-corrected chi connectivity index (χ2v) is 3.94. The Morgan fingerprint density at radius 2 is 1.77 bits per heavy atom. The Labute approximate surface area is 127 Å². The number of nitrogens with zero attached hydrogens (tertiary/aromatic N) is 1. The van der Waals surface area contributed by atoms with Gasteiger partial charge in [-0.1, -0.05) is 0 Å². The SMILES string of the molecule is COC(=O)c1cc(OC)c(OC)c(OC)c1NC(=O)CC#N. The Morgan fingerprint density at radius 3 is 2.23 bits per heavy atom. The van der Waals surface area contributed by atoms with Gasteiger partial charge in [0.15, 0.2) is 11.5 Å². The Bertz CT molecular complexity index is 621. The Hall–Kier alpha value is -2.95. The minimum Gasteiger partial charge on any atom is -0.493 e. The van der Waals surface area contributed by atoms with Crippen molar-refractivity contribution in [3.8, 4) is 23.3 Å². The minimum atomic E-state index is -0.702. The van der Waals surface area contributed by atoms with E-state index in [1.807, 2.05) is 0 Å². The number of esters is 1. The molecule has 0 bridgehead atoms. The van der Waals surface area contributed by atoms with Crippen LogP contribution in [0.5, 0.6) is 17.2 Å². The highest BCUT2D eigenvalue weighted by Crippen LogP contribution is 2.45. The lowest BCUT2D eigenvalue weighted by molar-refractivity contribution is -0.115. The fraction of sp³-hybridized carbons (Fsp3) is 0.357. The maximum Gasteiger partial charge on any atom is 0.340 e. The molecule has 1 N–H and O–H groups in total. The maximum atomic E-state index is 11.9. The third-order valence-electron chi connectivity index (χ3n) is 2.74. The summed E-state index contributed by atoms with van der Waals surface area (Å²) < 4.78 is 20.2. The molecule has 8 nitrogen and oxygen atoms in total. The summed E-state index contributed by atoms with van der Waals surface area (Å²) in [5.41, 5.74) is 0.0653. The highest BCUT2D eigenvalue weighted by Gasteiger charge is 2.26. The van der Waals surface area contributed by atoms with E-state index in [0.717, 1.165) is 0 Å². The Balaban J connectivity index is 3.56. The van der Waals surface area contributed by atoms with Crippen molar-refractivity contribution in [1.82, 2.24) is 0 Å². The molecule has 0 saturated heterocycles. The summed E-state index contributed by atoms with van der Waals surface area (Å²) in [4.78, 5) is 23.6. The molecule has 0 radical (unpaired) electrons. The van der Waals surface area contributed by atoms with Crippen molar-refractivity contribution in [3.63, 3.8) is 0 Å². The molecule has 22 heavy (non-hydrogen) atoms. The molecule has 0 aromatic heterocycles. The van der Waals surface area contributed by atoms with Crippen LogP contribution in [0.2, 0.25) is 0 Å². The molecule has 0 aliphatic carbocycles. The van der Waals surface area contributed by atoms with E-state index in [2.05, 4.69) is 10.1 Å². The molecule has 0 saturated carbocycles. The number of ether oxygens (including phenoxy) is 4. The Morgan fingerprint density at radius 1 is 1.14 bits per heavy atom. The highest BCUT2D eigenvalue weighted by atomic mass is 16.5. The first-order valence-electron chi connectivity index (χ1n) is 6.12. The smallest absolute Gasteiger partial charge is 0.340 e. The van der Waals surface area contributed by atoms with Crippen LogP contribution in [0.25, 0.3) is 0 Å². The van der Waals surface area contributed by atoms with Gasteiger partial charge in [-0.05, 0) is 0 Å². The van der Waals surface area contributed by atoms with E-state index >= 15 is 0 Å². The number of amides is 1. The van der Waals surface area contributed by atoms with E-state index in [1.54, 1.807) is 6.07 Å². The van der Waals surface area contributed by atoms with Crippen LogP contribution in [-0.4, -0.2) is 40.3 Å². The van der Waals surface area contributed by atoms with Crippen LogP contribution in [0.1, 0.15) is 16.8 Å². The number of nitrogens with one attached hydrogen (secondary N) is 1. The molecule has 8 heteroatoms. The van der Waals surface area contributed by atoms with Crippen LogP contribution < -0.4 is 19.5 Å². The van der Waals surface area contributed by atoms with Crippen molar-refractivity contribution in [2.24, 2.45) is 0 Å². The van der Waals surface area contributed by atoms with Gasteiger partial charge < -0.3 is 24.3 Å². The lowest BCUT2D eigenvalue weighted by atomic mass is 10.1. The molecular weight excluding hydrogens is 292 g/mol. The molecule has 1 rings (SSSR count). The zero-order valence-electron chi connectivity index (χ0n) is 12.7. The molecular formula is C14H16N2O6. The molecule has 118 valence electrons. The average molecular weight is 308 g/mol. The Kier molecular flexibility index (Phi) is 6.01. The largest absolute Gasteiger partial charge is 0.493 e. The normalized spacial score (nSPS) is 9.41. The predicted molar refractivity (Wildman–Crippen MR) is 76.3 cm³/mol. The number of rotatable bonds is 6. The number of nitriles is 1. The van der Waals surface area contributed by atoms with Crippen LogP contribution in [0.4, 0.5) is 5.69 Å². The topological polar surface area (TPSA) is 107 Å². The van der Waals surface area contributed by atoms with Gasteiger partial charge >= 0.3 is 5.97 Å². The van der Waals surface area contributed by atoms with Gasteiger partial charge in [-0.2, -0.15) is 5.26 Å². The predicted octanol–water partition coefficient (Wildman–Crippen LogP) is 1.35. The van der Waals surface area contributed by atoms with Gasteiger partial charge in [0.05, 0.1) is 40.1 Å². The molecule has 0 spiro atoms. The number of methoxy groups -OCH3 is 4. The van der Waals surface area contributed by atoms with Gasteiger partial charge in [0.25, 0.3) is 0 Å². The second-order valence-electron chi connectivity index (χ2n) is 3.94. The van der Waals surface area contributed by atoms with E-state index in [9.17, 15) is 9.59 Å². The van der Waals surface area contributed by atoms with Crippen molar-refractivity contribution in [1.29, 1.82) is 5.26 Å². The first-order valence-corrected chi connectivity index (χ1v) is 6.12. The third-order valence-corrected chi connectivity index (χ3v) is 2.74. The van der Waals surface area contributed by atoms with E-state index in [0.29, 0.717) is 0 Å². The van der Waals surface area contributed by atoms with Gasteiger partial charge in [-0.3, -0.25) is 4.79 Å². The summed E-state index contributed by atoms with van der Waals surface area (Å²) in [5, 5.41) is 11.0. The fourth-order valence-corrected chi connectivity index (χ4v) is 1.81. The molecule has 0 aliphatic heterocycles. The van der Waals surface area contributed by atoms with Crippen molar-refractivity contribution >= 4 is 17.6 Å². The average Bonchev–Trinajstić information content (AvgIpc) is 2.53. The maximum absolute atomic E-state index is 11.9. The molecule has 0 fully saturated rings. The molecule has 1 amide bonds. The van der Waals surface area contributed by atoms with Crippen LogP contribution in [0.15, 0.2) is 6.07 Å². The number of hydrogen-bond donors (Lipinski definition) is 1. The molecule has 0 heterocycles. The van der Waals surface area contributed by atoms with Crippen LogP contribution in [0.3, 0.4) is 0 Å². The molecule has 1 aromatic rings. The zero-order valence-corrected chi connectivity index (χ0v) is 12.7. The lowest BCUT2D eigenvalue weighted by Gasteiger charge is -2.18. The summed E-state index contributed by atoms with van der Waals surface area (Å²) >= 11 is 0. The first-order chi connectivity index (χ1) is 10.5. The van der Waals surface area contributed by atoms with Crippen molar-refractivity contribution in [2.45, 2.75) is 6.42 Å². The van der Waals surface area contributed by atoms with E-state index < -0.39 is 11.9 Å². The van der Waals surface area contributed by atoms with Crippen LogP contribution in [-0.2, 0) is 9.53 Å². The number of benzene rings is 1. The molecule has 1 aromatic carbocycles.